The first-order valence-corrected chi connectivity index (χ1v) is 13.9. The van der Waals surface area contributed by atoms with Crippen molar-refractivity contribution in [3.05, 3.63) is 65.7 Å². The Balaban J connectivity index is 2.00. The van der Waals surface area contributed by atoms with Gasteiger partial charge in [0, 0.05) is 20.6 Å². The van der Waals surface area contributed by atoms with Crippen molar-refractivity contribution in [3.8, 4) is 5.75 Å². The highest BCUT2D eigenvalue weighted by Crippen LogP contribution is 2.48. The fourth-order valence-electron chi connectivity index (χ4n) is 3.02. The van der Waals surface area contributed by atoms with Crippen LogP contribution in [0.4, 0.5) is 8.78 Å². The molecule has 2 aromatic carbocycles. The van der Waals surface area contributed by atoms with Gasteiger partial charge in [-0.1, -0.05) is 42.5 Å². The predicted octanol–water partition coefficient (Wildman–Crippen LogP) is 2.92. The van der Waals surface area contributed by atoms with Gasteiger partial charge in [-0.05, 0) is 48.9 Å². The van der Waals surface area contributed by atoms with Gasteiger partial charge in [0.1, 0.15) is 11.8 Å². The quantitative estimate of drug-likeness (QED) is 0.253. The summed E-state index contributed by atoms with van der Waals surface area (Å²) in [5.41, 5.74) is 1.67. The summed E-state index contributed by atoms with van der Waals surface area (Å²) < 4.78 is 68.8. The Morgan fingerprint density at radius 3 is 2.26 bits per heavy atom. The number of benzene rings is 2. The first-order valence-electron chi connectivity index (χ1n) is 10.8. The van der Waals surface area contributed by atoms with E-state index in [9.17, 15) is 26.6 Å². The van der Waals surface area contributed by atoms with Gasteiger partial charge in [0.15, 0.2) is 0 Å². The summed E-state index contributed by atoms with van der Waals surface area (Å²) in [4.78, 5) is 21.9. The van der Waals surface area contributed by atoms with E-state index in [1.807, 2.05) is 30.3 Å². The van der Waals surface area contributed by atoms with Gasteiger partial charge in [0.05, 0.1) is 0 Å². The number of carbonyl (C=O) groups excluding carboxylic acids is 1. The molecule has 0 spiro atoms. The molecule has 0 saturated heterocycles. The molecule has 9 nitrogen and oxygen atoms in total. The molecule has 0 bridgehead atoms. The maximum Gasteiger partial charge on any atom is 0.442 e. The highest BCUT2D eigenvalue weighted by atomic mass is 32.2. The molecule has 1 amide bonds. The lowest BCUT2D eigenvalue weighted by molar-refractivity contribution is -0.122. The van der Waals surface area contributed by atoms with Crippen molar-refractivity contribution in [3.63, 3.8) is 0 Å². The van der Waals surface area contributed by atoms with Crippen molar-refractivity contribution in [2.24, 2.45) is 0 Å². The summed E-state index contributed by atoms with van der Waals surface area (Å²) in [5, 5.41) is 2.74. The average Bonchev–Trinajstić information content (AvgIpc) is 2.79. The van der Waals surface area contributed by atoms with Crippen molar-refractivity contribution < 1.29 is 36.0 Å². The Bertz CT molecular complexity index is 1100. The molecule has 2 rings (SSSR count). The van der Waals surface area contributed by atoms with Crippen LogP contribution in [0.3, 0.4) is 0 Å². The molecule has 0 aliphatic heterocycles. The second kappa shape index (κ2) is 13.1. The lowest BCUT2D eigenvalue weighted by Gasteiger charge is -2.21. The van der Waals surface area contributed by atoms with Crippen LogP contribution < -0.4 is 14.6 Å². The monoisotopic (exact) mass is 533 g/mol. The van der Waals surface area contributed by atoms with E-state index in [1.54, 1.807) is 0 Å². The molecule has 0 saturated carbocycles. The van der Waals surface area contributed by atoms with Crippen molar-refractivity contribution in [1.82, 2.24) is 14.3 Å². The highest BCUT2D eigenvalue weighted by molar-refractivity contribution is 7.87. The summed E-state index contributed by atoms with van der Waals surface area (Å²) in [7, 11) is -6.40. The molecule has 0 aliphatic carbocycles. The molecular formula is C22H30F2N3O6PS. The lowest BCUT2D eigenvalue weighted by atomic mass is 10.1. The number of nitrogens with zero attached hydrogens (tertiary/aromatic N) is 1. The normalized spacial score (nSPS) is 14.5. The van der Waals surface area contributed by atoms with Gasteiger partial charge in [-0.2, -0.15) is 26.2 Å². The second-order valence-corrected chi connectivity index (χ2v) is 11.6. The Morgan fingerprint density at radius 2 is 1.69 bits per heavy atom. The third kappa shape index (κ3) is 9.65. The molecule has 0 heterocycles. The number of alkyl halides is 2. The van der Waals surface area contributed by atoms with Crippen LogP contribution in [0.25, 0.3) is 0 Å². The van der Waals surface area contributed by atoms with E-state index in [0.717, 1.165) is 17.1 Å². The SMILES string of the molecule is CN(C)S(=O)(=O)N[C@@H](Cc1ccc(OP(=O)(O)C(F)F)cc1)C(=O)NCCCCc1ccccc1. The molecular weight excluding hydrogens is 503 g/mol. The van der Waals surface area contributed by atoms with Crippen LogP contribution in [0, 0.1) is 0 Å². The third-order valence-corrected chi connectivity index (χ3v) is 7.48. The first kappa shape index (κ1) is 28.9. The Labute approximate surface area is 204 Å². The molecule has 0 aromatic heterocycles. The van der Waals surface area contributed by atoms with E-state index in [1.165, 1.54) is 43.9 Å². The van der Waals surface area contributed by atoms with Crippen LogP contribution in [0.15, 0.2) is 54.6 Å². The minimum absolute atomic E-state index is 0.0468. The van der Waals surface area contributed by atoms with Crippen LogP contribution in [0.1, 0.15) is 24.0 Å². The molecule has 2 aromatic rings. The minimum atomic E-state index is -5.12. The standard InChI is InChI=1S/C22H30F2N3O6PS/c1-27(2)35(31,32)26-20(21(28)25-15-7-6-10-17-8-4-3-5-9-17)16-18-11-13-19(14-12-18)33-34(29,30)22(23)24/h3-5,8-9,11-14,20,22,26H,6-7,10,15-16H2,1-2H3,(H,25,28)(H,29,30)/t20-/m0/s1. The predicted molar refractivity (Wildman–Crippen MR) is 129 cm³/mol. The number of unbranched alkanes of at least 4 members (excludes halogenated alkanes) is 1. The van der Waals surface area contributed by atoms with Crippen LogP contribution in [-0.2, 0) is 32.4 Å². The molecule has 194 valence electrons. The summed E-state index contributed by atoms with van der Waals surface area (Å²) in [5.74, 6) is -0.777. The topological polar surface area (TPSA) is 125 Å². The van der Waals surface area contributed by atoms with Crippen molar-refractivity contribution in [2.45, 2.75) is 37.9 Å². The zero-order valence-corrected chi connectivity index (χ0v) is 21.1. The number of carbonyl (C=O) groups is 1. The van der Waals surface area contributed by atoms with Crippen LogP contribution in [-0.4, -0.2) is 56.4 Å². The average molecular weight is 534 g/mol. The largest absolute Gasteiger partial charge is 0.442 e. The second-order valence-electron chi connectivity index (χ2n) is 7.97. The number of halogens is 2. The number of aryl methyl sites for hydroxylation is 1. The van der Waals surface area contributed by atoms with E-state index in [0.29, 0.717) is 18.5 Å². The summed E-state index contributed by atoms with van der Waals surface area (Å²) >= 11 is 0. The molecule has 0 radical (unpaired) electrons. The van der Waals surface area contributed by atoms with E-state index in [2.05, 4.69) is 14.6 Å². The van der Waals surface area contributed by atoms with Gasteiger partial charge < -0.3 is 14.7 Å². The minimum Gasteiger partial charge on any atom is -0.421 e. The van der Waals surface area contributed by atoms with Gasteiger partial charge in [0.25, 0.3) is 10.2 Å². The first-order chi connectivity index (χ1) is 16.4. The Hall–Kier alpha value is -2.37. The highest BCUT2D eigenvalue weighted by Gasteiger charge is 2.34. The smallest absolute Gasteiger partial charge is 0.421 e. The molecule has 2 atom stereocenters. The Morgan fingerprint density at radius 1 is 1.06 bits per heavy atom. The van der Waals surface area contributed by atoms with Crippen LogP contribution >= 0.6 is 7.60 Å². The number of nitrogens with one attached hydrogen (secondary N) is 2. The number of amides is 1. The van der Waals surface area contributed by atoms with Crippen molar-refractivity contribution in [1.29, 1.82) is 0 Å². The van der Waals surface area contributed by atoms with Gasteiger partial charge in [-0.15, -0.1) is 0 Å². The number of hydrogen-bond donors (Lipinski definition) is 3. The summed E-state index contributed by atoms with van der Waals surface area (Å²) in [6, 6.07) is 13.9. The molecule has 1 unspecified atom stereocenters. The van der Waals surface area contributed by atoms with Gasteiger partial charge in [-0.25, -0.2) is 4.57 Å². The molecule has 0 fully saturated rings. The molecule has 0 aliphatic rings. The fraction of sp³-hybridized carbons (Fsp3) is 0.409. The van der Waals surface area contributed by atoms with E-state index >= 15 is 0 Å². The van der Waals surface area contributed by atoms with Gasteiger partial charge in [-0.3, -0.25) is 4.79 Å². The third-order valence-electron chi connectivity index (χ3n) is 4.97. The maximum absolute atomic E-state index is 12.8. The molecule has 35 heavy (non-hydrogen) atoms. The fourth-order valence-corrected chi connectivity index (χ4v) is 4.28. The number of rotatable bonds is 14. The number of hydrogen-bond acceptors (Lipinski definition) is 5. The van der Waals surface area contributed by atoms with Crippen molar-refractivity contribution in [2.75, 3.05) is 20.6 Å². The van der Waals surface area contributed by atoms with Crippen molar-refractivity contribution >= 4 is 23.7 Å². The van der Waals surface area contributed by atoms with E-state index in [4.69, 9.17) is 4.89 Å². The zero-order chi connectivity index (χ0) is 26.1. The zero-order valence-electron chi connectivity index (χ0n) is 19.4. The van der Waals surface area contributed by atoms with Crippen LogP contribution in [0.2, 0.25) is 0 Å². The summed E-state index contributed by atoms with van der Waals surface area (Å²) in [6.45, 7) is 0.359. The van der Waals surface area contributed by atoms with E-state index < -0.39 is 35.9 Å². The van der Waals surface area contributed by atoms with Gasteiger partial charge in [0.2, 0.25) is 5.91 Å². The van der Waals surface area contributed by atoms with Gasteiger partial charge >= 0.3 is 13.8 Å². The summed E-state index contributed by atoms with van der Waals surface area (Å²) in [6.07, 6.45) is -1.20. The van der Waals surface area contributed by atoms with Crippen LogP contribution in [0.5, 0.6) is 5.75 Å². The Kier molecular flexibility index (Phi) is 10.8. The lowest BCUT2D eigenvalue weighted by Crippen LogP contribution is -2.51. The van der Waals surface area contributed by atoms with E-state index in [-0.39, 0.29) is 12.2 Å². The maximum atomic E-state index is 12.8. The molecule has 13 heteroatoms. The molecule has 3 N–H and O–H groups in total.